The third kappa shape index (κ3) is 2.10. The van der Waals surface area contributed by atoms with Crippen molar-refractivity contribution in [2.24, 2.45) is 7.05 Å². The zero-order valence-electron chi connectivity index (χ0n) is 12.1. The van der Waals surface area contributed by atoms with E-state index < -0.39 is 0 Å². The summed E-state index contributed by atoms with van der Waals surface area (Å²) in [5.74, 6) is 0.566. The Morgan fingerprint density at radius 3 is 2.80 bits per heavy atom. The number of rotatable bonds is 4. The van der Waals surface area contributed by atoms with Crippen LogP contribution in [0.1, 0.15) is 28.8 Å². The Hall–Kier alpha value is -1.82. The van der Waals surface area contributed by atoms with Crippen LogP contribution in [-0.2, 0) is 20.0 Å². The number of nitrogen functional groups attached to an aromatic ring is 1. The fraction of sp³-hybridized carbons (Fsp3) is 0.429. The monoisotopic (exact) mass is 289 g/mol. The van der Waals surface area contributed by atoms with Gasteiger partial charge < -0.3 is 5.73 Å². The first-order chi connectivity index (χ1) is 9.60. The van der Waals surface area contributed by atoms with E-state index >= 15 is 0 Å². The van der Waals surface area contributed by atoms with Crippen molar-refractivity contribution >= 4 is 28.4 Å². The van der Waals surface area contributed by atoms with E-state index in [0.717, 1.165) is 36.2 Å². The van der Waals surface area contributed by atoms with Crippen molar-refractivity contribution in [1.29, 1.82) is 0 Å². The van der Waals surface area contributed by atoms with Crippen LogP contribution >= 0.6 is 11.3 Å². The lowest BCUT2D eigenvalue weighted by atomic mass is 10.2. The average Bonchev–Trinajstić information content (AvgIpc) is 3.02. The topological polar surface area (TPSA) is 61.7 Å². The summed E-state index contributed by atoms with van der Waals surface area (Å²) in [5.41, 5.74) is 9.10. The van der Waals surface area contributed by atoms with E-state index in [0.29, 0.717) is 5.95 Å². The zero-order chi connectivity index (χ0) is 14.3. The Bertz CT molecular complexity index is 749. The number of aryl methyl sites for hydroxylation is 3. The standard InChI is InChI=1S/C14H19N5S/c1-4-5-11-12-13(18(3)17-11)19(14(15)16-12)8-10-7-6-9(2)20-10/h6-7H,4-5,8H2,1-3H3,(H2,15,16). The van der Waals surface area contributed by atoms with Crippen molar-refractivity contribution in [3.63, 3.8) is 0 Å². The molecule has 0 aliphatic carbocycles. The molecule has 0 aliphatic rings. The Kier molecular flexibility index (Phi) is 3.25. The van der Waals surface area contributed by atoms with Crippen LogP contribution in [0.25, 0.3) is 11.2 Å². The third-order valence-electron chi connectivity index (χ3n) is 3.42. The van der Waals surface area contributed by atoms with Gasteiger partial charge in [0.15, 0.2) is 5.65 Å². The molecule has 3 rings (SSSR count). The van der Waals surface area contributed by atoms with Crippen molar-refractivity contribution in [2.75, 3.05) is 5.73 Å². The molecule has 0 amide bonds. The van der Waals surface area contributed by atoms with Crippen LogP contribution in [0.2, 0.25) is 0 Å². The maximum absolute atomic E-state index is 6.10. The first-order valence-electron chi connectivity index (χ1n) is 6.83. The lowest BCUT2D eigenvalue weighted by Gasteiger charge is -2.04. The van der Waals surface area contributed by atoms with Gasteiger partial charge >= 0.3 is 0 Å². The van der Waals surface area contributed by atoms with E-state index in [-0.39, 0.29) is 0 Å². The molecule has 2 N–H and O–H groups in total. The van der Waals surface area contributed by atoms with Gasteiger partial charge in [0.1, 0.15) is 5.52 Å². The molecule has 0 saturated carbocycles. The quantitative estimate of drug-likeness (QED) is 0.803. The molecule has 3 heterocycles. The molecule has 106 valence electrons. The minimum absolute atomic E-state index is 0.566. The first kappa shape index (κ1) is 13.2. The van der Waals surface area contributed by atoms with Crippen molar-refractivity contribution in [2.45, 2.75) is 33.2 Å². The number of nitrogens with zero attached hydrogens (tertiary/aromatic N) is 4. The van der Waals surface area contributed by atoms with E-state index in [2.05, 4.69) is 36.1 Å². The summed E-state index contributed by atoms with van der Waals surface area (Å²) in [4.78, 5) is 7.11. The van der Waals surface area contributed by atoms with Crippen LogP contribution < -0.4 is 5.73 Å². The zero-order valence-corrected chi connectivity index (χ0v) is 12.9. The van der Waals surface area contributed by atoms with Crippen molar-refractivity contribution in [3.05, 3.63) is 27.6 Å². The van der Waals surface area contributed by atoms with E-state index in [1.807, 2.05) is 16.3 Å². The van der Waals surface area contributed by atoms with Crippen LogP contribution in [-0.4, -0.2) is 19.3 Å². The van der Waals surface area contributed by atoms with E-state index in [1.165, 1.54) is 9.75 Å². The number of fused-ring (bicyclic) bond motifs is 1. The largest absolute Gasteiger partial charge is 0.369 e. The molecular weight excluding hydrogens is 270 g/mol. The average molecular weight is 289 g/mol. The van der Waals surface area contributed by atoms with Crippen LogP contribution in [0.15, 0.2) is 12.1 Å². The molecule has 0 aromatic carbocycles. The second-order valence-corrected chi connectivity index (χ2v) is 6.43. The fourth-order valence-corrected chi connectivity index (χ4v) is 3.42. The minimum atomic E-state index is 0.566. The SMILES string of the molecule is CCCc1nn(C)c2c1nc(N)n2Cc1ccc(C)s1. The van der Waals surface area contributed by atoms with E-state index in [1.54, 1.807) is 11.3 Å². The number of hydrogen-bond acceptors (Lipinski definition) is 4. The predicted octanol–water partition coefficient (Wildman–Crippen LogP) is 2.72. The maximum atomic E-state index is 6.10. The van der Waals surface area contributed by atoms with E-state index in [9.17, 15) is 0 Å². The van der Waals surface area contributed by atoms with Gasteiger partial charge in [0.25, 0.3) is 0 Å². The molecule has 0 fully saturated rings. The fourth-order valence-electron chi connectivity index (χ4n) is 2.55. The highest BCUT2D eigenvalue weighted by atomic mass is 32.1. The van der Waals surface area contributed by atoms with Gasteiger partial charge in [0.2, 0.25) is 5.95 Å². The lowest BCUT2D eigenvalue weighted by Crippen LogP contribution is -2.07. The number of imidazole rings is 1. The summed E-state index contributed by atoms with van der Waals surface area (Å²) in [7, 11) is 1.96. The summed E-state index contributed by atoms with van der Waals surface area (Å²) in [5, 5.41) is 4.57. The van der Waals surface area contributed by atoms with Gasteiger partial charge in [-0.3, -0.25) is 9.25 Å². The number of nitrogens with two attached hydrogens (primary N) is 1. The van der Waals surface area contributed by atoms with Crippen LogP contribution in [0.3, 0.4) is 0 Å². The molecule has 0 atom stereocenters. The molecule has 20 heavy (non-hydrogen) atoms. The van der Waals surface area contributed by atoms with Crippen molar-refractivity contribution in [1.82, 2.24) is 19.3 Å². The molecule has 0 spiro atoms. The van der Waals surface area contributed by atoms with Crippen LogP contribution in [0.5, 0.6) is 0 Å². The van der Waals surface area contributed by atoms with Gasteiger partial charge in [0, 0.05) is 16.8 Å². The summed E-state index contributed by atoms with van der Waals surface area (Å²) < 4.78 is 3.94. The second kappa shape index (κ2) is 4.94. The van der Waals surface area contributed by atoms with Gasteiger partial charge in [-0.25, -0.2) is 4.98 Å². The summed E-state index contributed by atoms with van der Waals surface area (Å²) in [6, 6.07) is 4.28. The van der Waals surface area contributed by atoms with Crippen LogP contribution in [0, 0.1) is 6.92 Å². The Morgan fingerprint density at radius 1 is 1.35 bits per heavy atom. The van der Waals surface area contributed by atoms with Gasteiger partial charge in [-0.2, -0.15) is 5.10 Å². The lowest BCUT2D eigenvalue weighted by molar-refractivity contribution is 0.714. The molecule has 6 heteroatoms. The van der Waals surface area contributed by atoms with Gasteiger partial charge in [-0.05, 0) is 25.5 Å². The molecule has 5 nitrogen and oxygen atoms in total. The molecule has 3 aromatic rings. The smallest absolute Gasteiger partial charge is 0.202 e. The van der Waals surface area contributed by atoms with Gasteiger partial charge in [0.05, 0.1) is 12.2 Å². The molecule has 0 unspecified atom stereocenters. The summed E-state index contributed by atoms with van der Waals surface area (Å²) >= 11 is 1.79. The summed E-state index contributed by atoms with van der Waals surface area (Å²) in [6.07, 6.45) is 1.99. The van der Waals surface area contributed by atoms with Crippen LogP contribution in [0.4, 0.5) is 5.95 Å². The minimum Gasteiger partial charge on any atom is -0.369 e. The van der Waals surface area contributed by atoms with Crippen molar-refractivity contribution < 1.29 is 0 Å². The molecule has 0 aliphatic heterocycles. The van der Waals surface area contributed by atoms with Gasteiger partial charge in [-0.15, -0.1) is 11.3 Å². The number of aromatic nitrogens is 4. The number of anilines is 1. The molecule has 0 saturated heterocycles. The Balaban J connectivity index is 2.08. The predicted molar refractivity (Wildman–Crippen MR) is 83.1 cm³/mol. The highest BCUT2D eigenvalue weighted by molar-refractivity contribution is 7.11. The normalized spacial score (nSPS) is 11.6. The number of hydrogen-bond donors (Lipinski definition) is 1. The first-order valence-corrected chi connectivity index (χ1v) is 7.64. The molecule has 0 radical (unpaired) electrons. The van der Waals surface area contributed by atoms with E-state index in [4.69, 9.17) is 5.73 Å². The third-order valence-corrected chi connectivity index (χ3v) is 4.40. The molecule has 0 bridgehead atoms. The Labute approximate surface area is 122 Å². The highest BCUT2D eigenvalue weighted by Gasteiger charge is 2.17. The number of thiophene rings is 1. The van der Waals surface area contributed by atoms with Gasteiger partial charge in [-0.1, -0.05) is 13.3 Å². The molecule has 3 aromatic heterocycles. The summed E-state index contributed by atoms with van der Waals surface area (Å²) in [6.45, 7) is 5.02. The molecular formula is C14H19N5S. The Morgan fingerprint density at radius 2 is 2.15 bits per heavy atom. The highest BCUT2D eigenvalue weighted by Crippen LogP contribution is 2.25. The van der Waals surface area contributed by atoms with Crippen molar-refractivity contribution in [3.8, 4) is 0 Å². The maximum Gasteiger partial charge on any atom is 0.202 e. The second-order valence-electron chi connectivity index (χ2n) is 5.06.